The predicted molar refractivity (Wildman–Crippen MR) is 376 cm³/mol. The first kappa shape index (κ1) is 76.6. The molecule has 0 radical (unpaired) electrons. The number of hydrogen-bond donors (Lipinski definition) is 0. The lowest BCUT2D eigenvalue weighted by Gasteiger charge is -2.18. The molecule has 0 saturated heterocycles. The topological polar surface area (TPSA) is 36.4 Å². The maximum absolute atomic E-state index is 9.88. The number of aryl methyl sites for hydroxylation is 2. The fourth-order valence-corrected chi connectivity index (χ4v) is 12.5. The van der Waals surface area contributed by atoms with Crippen molar-refractivity contribution in [1.82, 2.24) is 0 Å². The Morgan fingerprint density at radius 3 is 0.905 bits per heavy atom. The van der Waals surface area contributed by atoms with Gasteiger partial charge >= 0.3 is 0 Å². The summed E-state index contributed by atoms with van der Waals surface area (Å²) in [5.41, 5.74) is 19.8. The zero-order chi connectivity index (χ0) is 60.1. The van der Waals surface area contributed by atoms with Crippen molar-refractivity contribution in [3.05, 3.63) is 87.0 Å². The van der Waals surface area contributed by atoms with Gasteiger partial charge < -0.3 is 5.53 Å². The number of benzene rings is 2. The Bertz CT molecular complexity index is 1960. The van der Waals surface area contributed by atoms with E-state index in [1.165, 1.54) is 361 Å². The van der Waals surface area contributed by atoms with Gasteiger partial charge in [0.05, 0.1) is 6.08 Å². The largest absolute Gasteiger partial charge is 0.348 e. The zero-order valence-corrected chi connectivity index (χ0v) is 56.7. The molecule has 0 spiro atoms. The standard InChI is InChI=1S/C82H136N2/c1-6-11-16-21-24-26-28-30-32-34-36-38-40-42-44-46-48-50-52-54-59-64-77-70-78(65-60-55-53-51-49-47-45-43-41-39-37-35-33-31-29-27-25-22-17-12-7-2)74-81(73-77)82(79(67-68-84-83)66-61-56-23-18-13-8-3)80-71-75(62-57-19-14-9-4)69-76(72-80)63-58-20-15-10-5/h67,69-74H,6-58,61-63,66H2,1-5H3. The molecule has 474 valence electrons. The average Bonchev–Trinajstić information content (AvgIpc) is 2.59. The van der Waals surface area contributed by atoms with Gasteiger partial charge in [0.25, 0.3) is 5.87 Å². The van der Waals surface area contributed by atoms with Gasteiger partial charge in [0.1, 0.15) is 0 Å². The highest BCUT2D eigenvalue weighted by Crippen LogP contribution is 2.34. The third-order valence-electron chi connectivity index (χ3n) is 17.9. The molecule has 0 aliphatic heterocycles. The van der Waals surface area contributed by atoms with Gasteiger partial charge in [-0.05, 0) is 103 Å². The quantitative estimate of drug-likeness (QED) is 0.0158. The van der Waals surface area contributed by atoms with Crippen molar-refractivity contribution in [2.75, 3.05) is 0 Å². The van der Waals surface area contributed by atoms with E-state index in [0.29, 0.717) is 0 Å². The van der Waals surface area contributed by atoms with Gasteiger partial charge in [-0.15, -0.1) is 4.79 Å². The molecule has 0 fully saturated rings. The second-order valence-corrected chi connectivity index (χ2v) is 26.1. The minimum absolute atomic E-state index is 0.909. The van der Waals surface area contributed by atoms with Crippen LogP contribution in [0.5, 0.6) is 0 Å². The number of hydrogen-bond acceptors (Lipinski definition) is 0. The third-order valence-corrected chi connectivity index (χ3v) is 17.9. The van der Waals surface area contributed by atoms with Crippen molar-refractivity contribution in [1.29, 1.82) is 0 Å². The fourth-order valence-electron chi connectivity index (χ4n) is 12.5. The van der Waals surface area contributed by atoms with E-state index >= 15 is 0 Å². The fraction of sp³-hybridized carbons (Fsp3) is 0.756. The first-order valence-corrected chi connectivity index (χ1v) is 37.5. The van der Waals surface area contributed by atoms with Crippen molar-refractivity contribution in [2.24, 2.45) is 0 Å². The molecule has 0 aromatic heterocycles. The molecule has 2 aromatic carbocycles. The van der Waals surface area contributed by atoms with Crippen molar-refractivity contribution in [3.63, 3.8) is 0 Å². The molecule has 0 aliphatic rings. The van der Waals surface area contributed by atoms with Crippen molar-refractivity contribution in [2.45, 2.75) is 401 Å². The molecule has 0 saturated carbocycles. The minimum Gasteiger partial charge on any atom is -0.348 e. The molecule has 0 unspecified atom stereocenters. The van der Waals surface area contributed by atoms with Crippen LogP contribution in [0, 0.1) is 23.7 Å². The summed E-state index contributed by atoms with van der Waals surface area (Å²) in [6.45, 7) is 11.5. The smallest absolute Gasteiger partial charge is 0.299 e. The molecule has 84 heavy (non-hydrogen) atoms. The van der Waals surface area contributed by atoms with E-state index in [9.17, 15) is 5.53 Å². The van der Waals surface area contributed by atoms with Crippen LogP contribution >= 0.6 is 0 Å². The highest BCUT2D eigenvalue weighted by Gasteiger charge is 2.16. The normalized spacial score (nSPS) is 11.4. The first-order valence-electron chi connectivity index (χ1n) is 37.5. The van der Waals surface area contributed by atoms with Gasteiger partial charge in [0.2, 0.25) is 0 Å². The maximum Gasteiger partial charge on any atom is 0.299 e. The number of unbranched alkanes of at least 4 members (excludes halogenated alkanes) is 49. The lowest BCUT2D eigenvalue weighted by atomic mass is 9.86. The van der Waals surface area contributed by atoms with Crippen LogP contribution in [0.1, 0.15) is 421 Å². The molecule has 0 heterocycles. The molecule has 2 heteroatoms. The Balaban J connectivity index is 2.23. The van der Waals surface area contributed by atoms with Crippen LogP contribution < -0.4 is 0 Å². The zero-order valence-electron chi connectivity index (χ0n) is 56.7. The Labute approximate surface area is 524 Å². The highest BCUT2D eigenvalue weighted by atomic mass is 14.8. The summed E-state index contributed by atoms with van der Waals surface area (Å²) in [6.07, 6.45) is 77.6. The van der Waals surface area contributed by atoms with Crippen LogP contribution in [0.15, 0.2) is 48.0 Å². The Morgan fingerprint density at radius 1 is 0.321 bits per heavy atom. The third kappa shape index (κ3) is 44.8. The van der Waals surface area contributed by atoms with Crippen molar-refractivity contribution in [3.8, 4) is 23.7 Å². The predicted octanol–water partition coefficient (Wildman–Crippen LogP) is 27.3. The van der Waals surface area contributed by atoms with E-state index in [0.717, 1.165) is 49.7 Å². The molecule has 2 nitrogen and oxygen atoms in total. The van der Waals surface area contributed by atoms with Crippen LogP contribution in [0.4, 0.5) is 0 Å². The van der Waals surface area contributed by atoms with Crippen LogP contribution in [0.2, 0.25) is 0 Å². The van der Waals surface area contributed by atoms with E-state index in [4.69, 9.17) is 0 Å². The van der Waals surface area contributed by atoms with Gasteiger partial charge in [0, 0.05) is 24.0 Å². The van der Waals surface area contributed by atoms with Crippen LogP contribution in [-0.2, 0) is 12.8 Å². The van der Waals surface area contributed by atoms with Gasteiger partial charge in [-0.25, -0.2) is 0 Å². The van der Waals surface area contributed by atoms with Gasteiger partial charge in [-0.1, -0.05) is 378 Å². The summed E-state index contributed by atoms with van der Waals surface area (Å²) < 4.78 is 0. The van der Waals surface area contributed by atoms with Crippen LogP contribution in [0.3, 0.4) is 0 Å². The van der Waals surface area contributed by atoms with E-state index in [2.05, 4.69) is 105 Å². The average molecular weight is 1150 g/mol. The lowest BCUT2D eigenvalue weighted by molar-refractivity contribution is 0.00800. The monoisotopic (exact) mass is 1150 g/mol. The maximum atomic E-state index is 9.88. The summed E-state index contributed by atoms with van der Waals surface area (Å²) in [5.74, 6) is 17.6. The number of rotatable bonds is 58. The van der Waals surface area contributed by atoms with Crippen molar-refractivity contribution >= 4 is 11.4 Å². The second kappa shape index (κ2) is 59.8. The van der Waals surface area contributed by atoms with Gasteiger partial charge in [-0.2, -0.15) is 0 Å². The second-order valence-electron chi connectivity index (χ2n) is 26.1. The van der Waals surface area contributed by atoms with E-state index in [-0.39, 0.29) is 0 Å². The summed E-state index contributed by atoms with van der Waals surface area (Å²) in [6, 6.07) is 14.5. The molecule has 0 bridgehead atoms. The molecule has 2 aromatic rings. The van der Waals surface area contributed by atoms with E-state index in [1.54, 1.807) is 0 Å². The molecule has 0 N–H and O–H groups in total. The number of allylic oxidation sites excluding steroid dienone is 2. The molecule has 0 aliphatic carbocycles. The molecular weight excluding hydrogens is 1010 g/mol. The Morgan fingerprint density at radius 2 is 0.595 bits per heavy atom. The van der Waals surface area contributed by atoms with Crippen LogP contribution in [-0.4, -0.2) is 10.7 Å². The summed E-state index contributed by atoms with van der Waals surface area (Å²) >= 11 is 0. The SMILES string of the molecule is CCCCCCCCCCCCCCCCCCCCCC#Cc1cc(C#CCCCCCCCCCCCCCCCCCCCCC)cc(C(=C(C=C=[N+]=[N-])CCCCCCCC)c2cc(CCCCCC)cc(CCCCCC)c2)c1. The van der Waals surface area contributed by atoms with Crippen LogP contribution in [0.25, 0.3) is 11.1 Å². The number of nitrogens with zero attached hydrogens (tertiary/aromatic N) is 2. The molecule has 0 amide bonds. The van der Waals surface area contributed by atoms with Gasteiger partial charge in [-0.3, -0.25) is 0 Å². The Hall–Kier alpha value is -3.54. The molecule has 0 atom stereocenters. The van der Waals surface area contributed by atoms with E-state index < -0.39 is 0 Å². The van der Waals surface area contributed by atoms with Crippen molar-refractivity contribution < 1.29 is 4.79 Å². The summed E-state index contributed by atoms with van der Waals surface area (Å²) in [7, 11) is 0. The molecule has 2 rings (SSSR count). The highest BCUT2D eigenvalue weighted by molar-refractivity contribution is 5.86. The van der Waals surface area contributed by atoms with Gasteiger partial charge in [0.15, 0.2) is 0 Å². The first-order chi connectivity index (χ1) is 41.6. The minimum atomic E-state index is 0.909. The lowest BCUT2D eigenvalue weighted by Crippen LogP contribution is -2.00. The summed E-state index contributed by atoms with van der Waals surface area (Å²) in [5, 5.41) is 0. The van der Waals surface area contributed by atoms with E-state index in [1.807, 2.05) is 6.08 Å². The molecular formula is C82H136N2. The summed E-state index contributed by atoms with van der Waals surface area (Å²) in [4.78, 5) is 3.45. The Kier molecular flexibility index (Phi) is 54.5.